The van der Waals surface area contributed by atoms with Gasteiger partial charge >= 0.3 is 6.03 Å². The minimum atomic E-state index is -0.893. The average Bonchev–Trinajstić information content (AvgIpc) is 3.42. The highest BCUT2D eigenvalue weighted by molar-refractivity contribution is 7.09. The second-order valence-electron chi connectivity index (χ2n) is 7.56. The number of thiophene rings is 1. The summed E-state index contributed by atoms with van der Waals surface area (Å²) in [5.41, 5.74) is -0.211. The maximum Gasteiger partial charge on any atom is 0.325 e. The molecular weight excluding hydrogens is 390 g/mol. The number of carbonyl (C=O) groups is 3. The number of imide groups is 1. The number of urea groups is 1. The molecule has 2 heterocycles. The fourth-order valence-electron chi connectivity index (χ4n) is 3.66. The summed E-state index contributed by atoms with van der Waals surface area (Å²) in [6, 6.07) is 10.5. The van der Waals surface area contributed by atoms with Gasteiger partial charge in [0.05, 0.1) is 13.7 Å². The van der Waals surface area contributed by atoms with Gasteiger partial charge in [-0.1, -0.05) is 6.07 Å². The van der Waals surface area contributed by atoms with Crippen molar-refractivity contribution in [1.82, 2.24) is 10.2 Å². The number of rotatable bonds is 7. The van der Waals surface area contributed by atoms with E-state index in [1.807, 2.05) is 17.5 Å². The van der Waals surface area contributed by atoms with Crippen molar-refractivity contribution in [1.29, 1.82) is 0 Å². The summed E-state index contributed by atoms with van der Waals surface area (Å²) < 4.78 is 5.20. The Morgan fingerprint density at radius 2 is 2.00 bits per heavy atom. The van der Waals surface area contributed by atoms with Crippen LogP contribution in [-0.2, 0) is 16.1 Å². The van der Waals surface area contributed by atoms with Crippen LogP contribution in [0.4, 0.5) is 10.5 Å². The quantitative estimate of drug-likeness (QED) is 0.708. The zero-order chi connectivity index (χ0) is 20.6. The predicted octanol–water partition coefficient (Wildman–Crippen LogP) is 3.01. The number of amides is 4. The third-order valence-electron chi connectivity index (χ3n) is 5.57. The smallest absolute Gasteiger partial charge is 0.325 e. The van der Waals surface area contributed by atoms with Crippen molar-refractivity contribution >= 4 is 34.9 Å². The lowest BCUT2D eigenvalue weighted by Crippen LogP contribution is -2.47. The minimum absolute atomic E-state index is 0.155. The number of ether oxygens (including phenoxy) is 1. The average molecular weight is 413 g/mol. The molecule has 4 rings (SSSR count). The Balaban J connectivity index is 1.56. The summed E-state index contributed by atoms with van der Waals surface area (Å²) in [5.74, 6) is 0.214. The lowest BCUT2D eigenvalue weighted by atomic mass is 9.96. The first-order valence-electron chi connectivity index (χ1n) is 9.53. The van der Waals surface area contributed by atoms with Crippen LogP contribution in [0.25, 0.3) is 0 Å². The molecule has 2 fully saturated rings. The molecule has 0 unspecified atom stereocenters. The van der Waals surface area contributed by atoms with E-state index in [-0.39, 0.29) is 24.3 Å². The van der Waals surface area contributed by atoms with Gasteiger partial charge in [-0.2, -0.15) is 0 Å². The van der Waals surface area contributed by atoms with Crippen LogP contribution in [-0.4, -0.2) is 41.9 Å². The van der Waals surface area contributed by atoms with Crippen LogP contribution in [0.1, 0.15) is 24.6 Å². The molecule has 29 heavy (non-hydrogen) atoms. The van der Waals surface area contributed by atoms with Gasteiger partial charge in [0, 0.05) is 10.6 Å². The van der Waals surface area contributed by atoms with Crippen LogP contribution < -0.4 is 15.0 Å². The number of methoxy groups -OCH3 is 1. The van der Waals surface area contributed by atoms with Crippen LogP contribution in [0.2, 0.25) is 0 Å². The molecule has 2 aromatic rings. The van der Waals surface area contributed by atoms with Gasteiger partial charge in [-0.15, -0.1) is 11.3 Å². The van der Waals surface area contributed by atoms with Crippen molar-refractivity contribution in [3.63, 3.8) is 0 Å². The Bertz CT molecular complexity index is 924. The van der Waals surface area contributed by atoms with E-state index in [0.29, 0.717) is 18.0 Å². The highest BCUT2D eigenvalue weighted by Gasteiger charge is 2.56. The van der Waals surface area contributed by atoms with Crippen LogP contribution in [0.3, 0.4) is 0 Å². The van der Waals surface area contributed by atoms with Crippen molar-refractivity contribution in [2.75, 3.05) is 18.6 Å². The van der Waals surface area contributed by atoms with Gasteiger partial charge in [0.15, 0.2) is 0 Å². The van der Waals surface area contributed by atoms with E-state index in [4.69, 9.17) is 4.74 Å². The summed E-state index contributed by atoms with van der Waals surface area (Å²) in [5, 5.41) is 4.74. The molecule has 1 aromatic heterocycles. The summed E-state index contributed by atoms with van der Waals surface area (Å²) in [4.78, 5) is 42.2. The lowest BCUT2D eigenvalue weighted by molar-refractivity contribution is -0.134. The normalized spacial score (nSPS) is 21.2. The molecule has 1 N–H and O–H groups in total. The molecule has 152 valence electrons. The standard InChI is InChI=1S/C21H23N3O4S/c1-21(14-5-6-14)19(26)24(20(27)22-21)13-18(25)23(12-17-4-3-11-29-17)15-7-9-16(28-2)10-8-15/h3-4,7-11,14H,5-6,12-13H2,1-2H3,(H,22,27)/t21-/m0/s1. The Labute approximate surface area is 173 Å². The third-order valence-corrected chi connectivity index (χ3v) is 6.43. The largest absolute Gasteiger partial charge is 0.497 e. The van der Waals surface area contributed by atoms with E-state index < -0.39 is 11.6 Å². The number of benzene rings is 1. The first-order valence-corrected chi connectivity index (χ1v) is 10.4. The van der Waals surface area contributed by atoms with Crippen molar-refractivity contribution in [3.8, 4) is 5.75 Å². The number of anilines is 1. The number of hydrogen-bond acceptors (Lipinski definition) is 5. The molecule has 0 radical (unpaired) electrons. The maximum atomic E-state index is 13.2. The maximum absolute atomic E-state index is 13.2. The molecule has 1 atom stereocenters. The van der Waals surface area contributed by atoms with Crippen LogP contribution >= 0.6 is 11.3 Å². The molecule has 1 saturated carbocycles. The third kappa shape index (κ3) is 3.72. The monoisotopic (exact) mass is 413 g/mol. The molecule has 4 amide bonds. The topological polar surface area (TPSA) is 79.0 Å². The molecule has 1 saturated heterocycles. The second kappa shape index (κ2) is 7.51. The Hall–Kier alpha value is -2.87. The van der Waals surface area contributed by atoms with E-state index in [9.17, 15) is 14.4 Å². The van der Waals surface area contributed by atoms with E-state index in [1.165, 1.54) is 0 Å². The van der Waals surface area contributed by atoms with E-state index in [2.05, 4.69) is 5.32 Å². The Morgan fingerprint density at radius 1 is 1.28 bits per heavy atom. The molecule has 7 nitrogen and oxygen atoms in total. The lowest BCUT2D eigenvalue weighted by Gasteiger charge is -2.25. The van der Waals surface area contributed by atoms with E-state index in [1.54, 1.807) is 54.5 Å². The molecule has 1 aliphatic heterocycles. The van der Waals surface area contributed by atoms with Gasteiger partial charge in [-0.05, 0) is 61.4 Å². The first kappa shape index (κ1) is 19.4. The van der Waals surface area contributed by atoms with Crippen LogP contribution in [0, 0.1) is 5.92 Å². The molecular formula is C21H23N3O4S. The number of hydrogen-bond donors (Lipinski definition) is 1. The van der Waals surface area contributed by atoms with Gasteiger partial charge in [-0.25, -0.2) is 4.79 Å². The van der Waals surface area contributed by atoms with Crippen molar-refractivity contribution in [2.45, 2.75) is 31.8 Å². The summed E-state index contributed by atoms with van der Waals surface area (Å²) in [6.07, 6.45) is 1.83. The Morgan fingerprint density at radius 3 is 2.59 bits per heavy atom. The number of nitrogens with zero attached hydrogens (tertiary/aromatic N) is 2. The number of nitrogens with one attached hydrogen (secondary N) is 1. The zero-order valence-electron chi connectivity index (χ0n) is 16.4. The van der Waals surface area contributed by atoms with Crippen LogP contribution in [0.15, 0.2) is 41.8 Å². The Kier molecular flexibility index (Phi) is 5.04. The molecule has 0 spiro atoms. The zero-order valence-corrected chi connectivity index (χ0v) is 17.2. The first-order chi connectivity index (χ1) is 13.9. The van der Waals surface area contributed by atoms with Crippen LogP contribution in [0.5, 0.6) is 5.75 Å². The van der Waals surface area contributed by atoms with E-state index >= 15 is 0 Å². The van der Waals surface area contributed by atoms with E-state index in [0.717, 1.165) is 22.6 Å². The number of carbonyl (C=O) groups excluding carboxylic acids is 3. The highest BCUT2D eigenvalue weighted by Crippen LogP contribution is 2.42. The van der Waals surface area contributed by atoms with Crippen molar-refractivity contribution in [3.05, 3.63) is 46.7 Å². The summed E-state index contributed by atoms with van der Waals surface area (Å²) in [7, 11) is 1.58. The SMILES string of the molecule is COc1ccc(N(Cc2cccs2)C(=O)CN2C(=O)N[C@@](C)(C3CC3)C2=O)cc1. The van der Waals surface area contributed by atoms with Gasteiger partial charge < -0.3 is 15.0 Å². The van der Waals surface area contributed by atoms with Gasteiger partial charge in [0.1, 0.15) is 17.8 Å². The molecule has 1 aromatic carbocycles. The summed E-state index contributed by atoms with van der Waals surface area (Å²) in [6.45, 7) is 1.83. The second-order valence-corrected chi connectivity index (χ2v) is 8.59. The molecule has 0 bridgehead atoms. The van der Waals surface area contributed by atoms with Crippen molar-refractivity contribution < 1.29 is 19.1 Å². The summed E-state index contributed by atoms with van der Waals surface area (Å²) >= 11 is 1.55. The van der Waals surface area contributed by atoms with Gasteiger partial charge in [-0.3, -0.25) is 14.5 Å². The fourth-order valence-corrected chi connectivity index (χ4v) is 4.35. The molecule has 1 aliphatic carbocycles. The van der Waals surface area contributed by atoms with Crippen molar-refractivity contribution in [2.24, 2.45) is 5.92 Å². The molecule has 8 heteroatoms. The highest BCUT2D eigenvalue weighted by atomic mass is 32.1. The predicted molar refractivity (Wildman–Crippen MR) is 110 cm³/mol. The minimum Gasteiger partial charge on any atom is -0.497 e. The van der Waals surface area contributed by atoms with Gasteiger partial charge in [0.25, 0.3) is 5.91 Å². The molecule has 2 aliphatic rings. The fraction of sp³-hybridized carbons (Fsp3) is 0.381. The van der Waals surface area contributed by atoms with Gasteiger partial charge in [0.2, 0.25) is 5.91 Å².